The van der Waals surface area contributed by atoms with Crippen LogP contribution < -0.4 is 10.3 Å². The molecule has 0 bridgehead atoms. The van der Waals surface area contributed by atoms with E-state index in [2.05, 4.69) is 5.10 Å². The molecule has 2 atom stereocenters. The number of aryl methyl sites for hydroxylation is 1. The fourth-order valence-corrected chi connectivity index (χ4v) is 4.35. The summed E-state index contributed by atoms with van der Waals surface area (Å²) in [7, 11) is 4.64. The molecule has 188 valence electrons. The molecule has 4 aromatic rings. The van der Waals surface area contributed by atoms with E-state index in [0.29, 0.717) is 12.7 Å². The number of alkyl halides is 2. The standard InChI is InChI=1S/C27H28F2N4O3/c1-17(32(4)26(35)27(2,28)29)25(18-6-10-22(36-5)11-7-18)33-23-12-8-19(14-21(23)15-30-33)20-9-13-24(34)31(3)16-20/h6-17,25H,1-5H3/t17-,25-/m0/s1. The number of carbonyl (C=O) groups excluding carboxylic acids is 1. The van der Waals surface area contributed by atoms with Gasteiger partial charge in [-0.3, -0.25) is 14.3 Å². The highest BCUT2D eigenvalue weighted by atomic mass is 19.3. The smallest absolute Gasteiger partial charge is 0.322 e. The van der Waals surface area contributed by atoms with Gasteiger partial charge >= 0.3 is 5.92 Å². The monoisotopic (exact) mass is 494 g/mol. The van der Waals surface area contributed by atoms with Crippen molar-refractivity contribution in [1.29, 1.82) is 0 Å². The van der Waals surface area contributed by atoms with Gasteiger partial charge < -0.3 is 14.2 Å². The molecule has 9 heteroatoms. The van der Waals surface area contributed by atoms with Crippen LogP contribution in [-0.2, 0) is 11.8 Å². The van der Waals surface area contributed by atoms with Crippen molar-refractivity contribution in [2.75, 3.05) is 14.2 Å². The predicted octanol–water partition coefficient (Wildman–Crippen LogP) is 4.50. The number of hydrogen-bond acceptors (Lipinski definition) is 4. The SMILES string of the molecule is COc1ccc([C@H]([C@H](C)N(C)C(=O)C(C)(F)F)n2ncc3cc(-c4ccc(=O)n(C)c4)ccc32)cc1. The molecule has 0 saturated carbocycles. The Bertz CT molecular complexity index is 1450. The van der Waals surface area contributed by atoms with Gasteiger partial charge in [-0.1, -0.05) is 18.2 Å². The van der Waals surface area contributed by atoms with Gasteiger partial charge in [0.05, 0.1) is 30.9 Å². The number of nitrogens with zero attached hydrogens (tertiary/aromatic N) is 4. The Morgan fingerprint density at radius 2 is 1.75 bits per heavy atom. The Morgan fingerprint density at radius 1 is 1.08 bits per heavy atom. The van der Waals surface area contributed by atoms with Crippen molar-refractivity contribution in [3.05, 3.63) is 82.9 Å². The minimum Gasteiger partial charge on any atom is -0.497 e. The van der Waals surface area contributed by atoms with Crippen LogP contribution in [0.3, 0.4) is 0 Å². The zero-order chi connectivity index (χ0) is 26.2. The van der Waals surface area contributed by atoms with E-state index >= 15 is 0 Å². The van der Waals surface area contributed by atoms with Crippen molar-refractivity contribution in [3.8, 4) is 16.9 Å². The van der Waals surface area contributed by atoms with Gasteiger partial charge in [0.25, 0.3) is 5.91 Å². The van der Waals surface area contributed by atoms with Crippen molar-refractivity contribution in [2.45, 2.75) is 31.9 Å². The van der Waals surface area contributed by atoms with Crippen LogP contribution in [0.25, 0.3) is 22.0 Å². The van der Waals surface area contributed by atoms with Gasteiger partial charge in [-0.25, -0.2) is 0 Å². The number of carbonyl (C=O) groups is 1. The van der Waals surface area contributed by atoms with E-state index < -0.39 is 23.9 Å². The van der Waals surface area contributed by atoms with Crippen LogP contribution in [0.4, 0.5) is 8.78 Å². The summed E-state index contributed by atoms with van der Waals surface area (Å²) in [6.07, 6.45) is 3.47. The minimum atomic E-state index is -3.50. The van der Waals surface area contributed by atoms with E-state index in [-0.39, 0.29) is 5.56 Å². The van der Waals surface area contributed by atoms with Gasteiger partial charge in [0.15, 0.2) is 0 Å². The molecule has 7 nitrogen and oxygen atoms in total. The predicted molar refractivity (Wildman–Crippen MR) is 134 cm³/mol. The van der Waals surface area contributed by atoms with E-state index in [0.717, 1.165) is 32.5 Å². The van der Waals surface area contributed by atoms with Gasteiger partial charge in [-0.05, 0) is 53.9 Å². The first-order chi connectivity index (χ1) is 17.0. The maximum absolute atomic E-state index is 13.9. The first-order valence-corrected chi connectivity index (χ1v) is 11.4. The number of methoxy groups -OCH3 is 1. The third-order valence-electron chi connectivity index (χ3n) is 6.50. The van der Waals surface area contributed by atoms with Crippen LogP contribution in [0.5, 0.6) is 5.75 Å². The molecule has 2 aromatic carbocycles. The third-order valence-corrected chi connectivity index (χ3v) is 6.50. The zero-order valence-corrected chi connectivity index (χ0v) is 20.8. The molecule has 0 spiro atoms. The lowest BCUT2D eigenvalue weighted by molar-refractivity contribution is -0.156. The summed E-state index contributed by atoms with van der Waals surface area (Å²) in [5.74, 6) is -4.10. The van der Waals surface area contributed by atoms with Crippen molar-refractivity contribution in [1.82, 2.24) is 19.2 Å². The topological polar surface area (TPSA) is 69.4 Å². The number of likely N-dealkylation sites (N-methyl/N-ethyl adjacent to an activating group) is 1. The highest BCUT2D eigenvalue weighted by Gasteiger charge is 2.39. The van der Waals surface area contributed by atoms with Crippen molar-refractivity contribution in [2.24, 2.45) is 7.05 Å². The summed E-state index contributed by atoms with van der Waals surface area (Å²) in [5, 5.41) is 5.45. The number of benzene rings is 2. The Labute approximate surface area is 207 Å². The summed E-state index contributed by atoms with van der Waals surface area (Å²) in [4.78, 5) is 25.3. The lowest BCUT2D eigenvalue weighted by atomic mass is 9.98. The first-order valence-electron chi connectivity index (χ1n) is 11.4. The summed E-state index contributed by atoms with van der Waals surface area (Å²) in [6.45, 7) is 2.33. The molecule has 0 N–H and O–H groups in total. The summed E-state index contributed by atoms with van der Waals surface area (Å²) in [5.41, 5.74) is 3.25. The van der Waals surface area contributed by atoms with Crippen molar-refractivity contribution >= 4 is 16.8 Å². The molecule has 0 aliphatic carbocycles. The highest BCUT2D eigenvalue weighted by Crippen LogP contribution is 2.32. The van der Waals surface area contributed by atoms with Gasteiger partial charge in [0, 0.05) is 38.7 Å². The normalized spacial score (nSPS) is 13.4. The average molecular weight is 495 g/mol. The lowest BCUT2D eigenvalue weighted by Gasteiger charge is -2.34. The number of rotatable bonds is 7. The third kappa shape index (κ3) is 4.73. The Balaban J connectivity index is 1.81. The molecule has 0 aliphatic heterocycles. The Hall–Kier alpha value is -4.01. The van der Waals surface area contributed by atoms with Gasteiger partial charge in [-0.2, -0.15) is 13.9 Å². The van der Waals surface area contributed by atoms with Crippen LogP contribution in [-0.4, -0.2) is 51.3 Å². The molecule has 0 fully saturated rings. The fraction of sp³-hybridized carbons (Fsp3) is 0.296. The van der Waals surface area contributed by atoms with Gasteiger partial charge in [-0.15, -0.1) is 0 Å². The van der Waals surface area contributed by atoms with Crippen molar-refractivity contribution in [3.63, 3.8) is 0 Å². The number of amides is 1. The largest absolute Gasteiger partial charge is 0.497 e. The van der Waals surface area contributed by atoms with E-state index in [1.54, 1.807) is 56.4 Å². The fourth-order valence-electron chi connectivity index (χ4n) is 4.35. The molecule has 0 saturated heterocycles. The van der Waals surface area contributed by atoms with E-state index in [4.69, 9.17) is 4.74 Å². The van der Waals surface area contributed by atoms with Crippen LogP contribution in [0.15, 0.2) is 71.8 Å². The molecule has 2 heterocycles. The molecular weight excluding hydrogens is 466 g/mol. The summed E-state index contributed by atoms with van der Waals surface area (Å²) in [6, 6.07) is 15.1. The van der Waals surface area contributed by atoms with Crippen molar-refractivity contribution < 1.29 is 18.3 Å². The lowest BCUT2D eigenvalue weighted by Crippen LogP contribution is -2.47. The molecule has 0 unspecified atom stereocenters. The molecule has 4 rings (SSSR count). The van der Waals surface area contributed by atoms with Crippen LogP contribution in [0, 0.1) is 0 Å². The zero-order valence-electron chi connectivity index (χ0n) is 20.8. The number of hydrogen-bond donors (Lipinski definition) is 0. The summed E-state index contributed by atoms with van der Waals surface area (Å²) < 4.78 is 36.3. The van der Waals surface area contributed by atoms with E-state index in [9.17, 15) is 18.4 Å². The molecule has 2 aromatic heterocycles. The number of fused-ring (bicyclic) bond motifs is 1. The number of halogens is 2. The maximum atomic E-state index is 13.9. The van der Waals surface area contributed by atoms with E-state index in [1.807, 2.05) is 30.3 Å². The molecule has 36 heavy (non-hydrogen) atoms. The second kappa shape index (κ2) is 9.56. The van der Waals surface area contributed by atoms with Crippen LogP contribution in [0.2, 0.25) is 0 Å². The molecular formula is C27H28F2N4O3. The number of pyridine rings is 1. The first kappa shape index (κ1) is 25.1. The van der Waals surface area contributed by atoms with Crippen LogP contribution in [0.1, 0.15) is 25.5 Å². The quantitative estimate of drug-likeness (QED) is 0.379. The van der Waals surface area contributed by atoms with E-state index in [1.165, 1.54) is 17.7 Å². The van der Waals surface area contributed by atoms with Crippen LogP contribution >= 0.6 is 0 Å². The minimum absolute atomic E-state index is 0.0970. The summed E-state index contributed by atoms with van der Waals surface area (Å²) >= 11 is 0. The van der Waals surface area contributed by atoms with Gasteiger partial charge in [0.1, 0.15) is 5.75 Å². The second-order valence-corrected chi connectivity index (χ2v) is 8.99. The number of ether oxygens (including phenoxy) is 1. The maximum Gasteiger partial charge on any atom is 0.322 e. The molecule has 1 amide bonds. The average Bonchev–Trinajstić information content (AvgIpc) is 3.27. The Kier molecular flexibility index (Phi) is 6.67. The Morgan fingerprint density at radius 3 is 2.36 bits per heavy atom. The molecule has 0 radical (unpaired) electrons. The number of aromatic nitrogens is 3. The molecule has 0 aliphatic rings. The second-order valence-electron chi connectivity index (χ2n) is 8.99. The highest BCUT2D eigenvalue weighted by molar-refractivity contribution is 5.85. The van der Waals surface area contributed by atoms with Gasteiger partial charge in [0.2, 0.25) is 5.56 Å².